The SMILES string of the molecule is FC(F)(F)C1=CCC=Cc2ccccc21. The molecular formula is C12H9F3. The van der Waals surface area contributed by atoms with E-state index in [2.05, 4.69) is 0 Å². The van der Waals surface area contributed by atoms with Crippen molar-refractivity contribution in [2.75, 3.05) is 0 Å². The van der Waals surface area contributed by atoms with Crippen LogP contribution in [0.4, 0.5) is 13.2 Å². The first kappa shape index (κ1) is 10.0. The number of alkyl halides is 3. The highest BCUT2D eigenvalue weighted by atomic mass is 19.4. The lowest BCUT2D eigenvalue weighted by atomic mass is 10.0. The molecule has 0 spiro atoms. The zero-order valence-electron chi connectivity index (χ0n) is 7.88. The van der Waals surface area contributed by atoms with Crippen molar-refractivity contribution >= 4 is 11.6 Å². The molecule has 3 heteroatoms. The van der Waals surface area contributed by atoms with E-state index >= 15 is 0 Å². The fraction of sp³-hybridized carbons (Fsp3) is 0.167. The van der Waals surface area contributed by atoms with Crippen LogP contribution in [-0.4, -0.2) is 6.18 Å². The third kappa shape index (κ3) is 1.96. The van der Waals surface area contributed by atoms with Crippen LogP contribution in [-0.2, 0) is 0 Å². The van der Waals surface area contributed by atoms with E-state index in [1.165, 1.54) is 12.1 Å². The molecule has 0 fully saturated rings. The summed E-state index contributed by atoms with van der Waals surface area (Å²) in [6, 6.07) is 6.56. The van der Waals surface area contributed by atoms with Crippen molar-refractivity contribution in [2.24, 2.45) is 0 Å². The Balaban J connectivity index is 2.58. The molecule has 1 aliphatic rings. The average molecular weight is 210 g/mol. The van der Waals surface area contributed by atoms with Gasteiger partial charge in [0, 0.05) is 0 Å². The molecule has 0 aliphatic heterocycles. The molecule has 0 radical (unpaired) electrons. The Hall–Kier alpha value is -1.51. The van der Waals surface area contributed by atoms with Gasteiger partial charge in [-0.05, 0) is 17.5 Å². The van der Waals surface area contributed by atoms with Gasteiger partial charge in [-0.25, -0.2) is 0 Å². The van der Waals surface area contributed by atoms with Gasteiger partial charge in [0.05, 0.1) is 5.57 Å². The smallest absolute Gasteiger partial charge is 0.166 e. The van der Waals surface area contributed by atoms with Crippen molar-refractivity contribution in [2.45, 2.75) is 12.6 Å². The lowest BCUT2D eigenvalue weighted by Gasteiger charge is -2.13. The minimum absolute atomic E-state index is 0.263. The first-order chi connectivity index (χ1) is 7.09. The van der Waals surface area contributed by atoms with Crippen LogP contribution >= 0.6 is 0 Å². The standard InChI is InChI=1S/C12H9F3/c13-12(14,15)11-8-4-2-6-9-5-1-3-7-10(9)11/h1-3,5-8H,4H2. The normalized spacial score (nSPS) is 15.5. The summed E-state index contributed by atoms with van der Waals surface area (Å²) in [7, 11) is 0. The molecule has 15 heavy (non-hydrogen) atoms. The van der Waals surface area contributed by atoms with Crippen molar-refractivity contribution in [3.8, 4) is 0 Å². The van der Waals surface area contributed by atoms with Gasteiger partial charge in [-0.15, -0.1) is 0 Å². The van der Waals surface area contributed by atoms with Gasteiger partial charge in [0.1, 0.15) is 0 Å². The van der Waals surface area contributed by atoms with Gasteiger partial charge < -0.3 is 0 Å². The Morgan fingerprint density at radius 3 is 2.53 bits per heavy atom. The van der Waals surface area contributed by atoms with Gasteiger partial charge in [0.25, 0.3) is 0 Å². The summed E-state index contributed by atoms with van der Waals surface area (Å²) in [4.78, 5) is 0. The highest BCUT2D eigenvalue weighted by Gasteiger charge is 2.35. The summed E-state index contributed by atoms with van der Waals surface area (Å²) >= 11 is 0. The molecule has 2 rings (SSSR count). The van der Waals surface area contributed by atoms with Crippen LogP contribution < -0.4 is 0 Å². The Morgan fingerprint density at radius 1 is 1.07 bits per heavy atom. The fourth-order valence-electron chi connectivity index (χ4n) is 1.65. The van der Waals surface area contributed by atoms with Gasteiger partial charge in [0.15, 0.2) is 0 Å². The van der Waals surface area contributed by atoms with Crippen LogP contribution in [0.1, 0.15) is 17.5 Å². The van der Waals surface area contributed by atoms with Crippen molar-refractivity contribution < 1.29 is 13.2 Å². The Bertz CT molecular complexity index is 425. The van der Waals surface area contributed by atoms with Crippen LogP contribution in [0.5, 0.6) is 0 Å². The third-order valence-electron chi connectivity index (χ3n) is 2.31. The van der Waals surface area contributed by atoms with Crippen molar-refractivity contribution in [3.63, 3.8) is 0 Å². The van der Waals surface area contributed by atoms with Crippen LogP contribution in [0, 0.1) is 0 Å². The number of benzene rings is 1. The summed E-state index contributed by atoms with van der Waals surface area (Å²) < 4.78 is 38.1. The van der Waals surface area contributed by atoms with E-state index in [1.54, 1.807) is 30.4 Å². The van der Waals surface area contributed by atoms with Gasteiger partial charge >= 0.3 is 6.18 Å². The van der Waals surface area contributed by atoms with Crippen LogP contribution in [0.3, 0.4) is 0 Å². The molecule has 0 bridgehead atoms. The quantitative estimate of drug-likeness (QED) is 0.606. The molecule has 0 saturated heterocycles. The molecule has 1 aromatic carbocycles. The first-order valence-electron chi connectivity index (χ1n) is 4.62. The van der Waals surface area contributed by atoms with Crippen molar-refractivity contribution in [1.29, 1.82) is 0 Å². The highest BCUT2D eigenvalue weighted by Crippen LogP contribution is 2.37. The summed E-state index contributed by atoms with van der Waals surface area (Å²) in [5.41, 5.74) is 0.348. The van der Waals surface area contributed by atoms with Crippen LogP contribution in [0.25, 0.3) is 11.6 Å². The van der Waals surface area contributed by atoms with E-state index in [0.29, 0.717) is 12.0 Å². The molecule has 0 N–H and O–H groups in total. The fourth-order valence-corrected chi connectivity index (χ4v) is 1.65. The number of hydrogen-bond acceptors (Lipinski definition) is 0. The maximum Gasteiger partial charge on any atom is 0.416 e. The largest absolute Gasteiger partial charge is 0.416 e. The van der Waals surface area contributed by atoms with Gasteiger partial charge in [-0.1, -0.05) is 42.5 Å². The minimum Gasteiger partial charge on any atom is -0.166 e. The second-order valence-electron chi connectivity index (χ2n) is 3.34. The predicted molar refractivity (Wildman–Crippen MR) is 54.1 cm³/mol. The number of rotatable bonds is 0. The number of fused-ring (bicyclic) bond motifs is 1. The zero-order valence-corrected chi connectivity index (χ0v) is 7.88. The maximum absolute atomic E-state index is 12.7. The monoisotopic (exact) mass is 210 g/mol. The first-order valence-corrected chi connectivity index (χ1v) is 4.62. The minimum atomic E-state index is -4.28. The molecule has 1 aromatic rings. The molecule has 1 aliphatic carbocycles. The third-order valence-corrected chi connectivity index (χ3v) is 2.31. The lowest BCUT2D eigenvalue weighted by molar-refractivity contribution is -0.0690. The number of hydrogen-bond donors (Lipinski definition) is 0. The van der Waals surface area contributed by atoms with E-state index in [0.717, 1.165) is 0 Å². The molecular weight excluding hydrogens is 201 g/mol. The highest BCUT2D eigenvalue weighted by molar-refractivity contribution is 5.78. The molecule has 0 nitrogen and oxygen atoms in total. The van der Waals surface area contributed by atoms with Gasteiger partial charge in [-0.3, -0.25) is 0 Å². The Morgan fingerprint density at radius 2 is 1.80 bits per heavy atom. The molecule has 78 valence electrons. The molecule has 0 aromatic heterocycles. The van der Waals surface area contributed by atoms with Crippen molar-refractivity contribution in [1.82, 2.24) is 0 Å². The van der Waals surface area contributed by atoms with E-state index in [9.17, 15) is 13.2 Å². The molecule has 0 unspecified atom stereocenters. The molecule has 0 heterocycles. The molecule has 0 saturated carbocycles. The van der Waals surface area contributed by atoms with E-state index in [1.807, 2.05) is 0 Å². The second kappa shape index (κ2) is 3.57. The Kier molecular flexibility index (Phi) is 2.39. The molecule has 0 amide bonds. The summed E-state index contributed by atoms with van der Waals surface area (Å²) in [5.74, 6) is 0. The number of allylic oxidation sites excluding steroid dienone is 3. The average Bonchev–Trinajstić information content (AvgIpc) is 2.38. The summed E-state index contributed by atoms with van der Waals surface area (Å²) in [5, 5.41) is 0. The summed E-state index contributed by atoms with van der Waals surface area (Å²) in [6.07, 6.45) is 0.732. The predicted octanol–water partition coefficient (Wildman–Crippen LogP) is 4.05. The van der Waals surface area contributed by atoms with Crippen molar-refractivity contribution in [3.05, 3.63) is 47.5 Å². The topological polar surface area (TPSA) is 0 Å². The Labute approximate surface area is 85.7 Å². The van der Waals surface area contributed by atoms with Gasteiger partial charge in [0.2, 0.25) is 0 Å². The van der Waals surface area contributed by atoms with E-state index in [4.69, 9.17) is 0 Å². The summed E-state index contributed by atoms with van der Waals surface area (Å²) in [6.45, 7) is 0. The lowest BCUT2D eigenvalue weighted by Crippen LogP contribution is -2.11. The van der Waals surface area contributed by atoms with E-state index in [-0.39, 0.29) is 5.56 Å². The van der Waals surface area contributed by atoms with E-state index < -0.39 is 11.7 Å². The number of halogens is 3. The van der Waals surface area contributed by atoms with Gasteiger partial charge in [-0.2, -0.15) is 13.2 Å². The molecule has 0 atom stereocenters. The zero-order chi connectivity index (χ0) is 10.9. The van der Waals surface area contributed by atoms with Crippen LogP contribution in [0.2, 0.25) is 0 Å². The maximum atomic E-state index is 12.7. The van der Waals surface area contributed by atoms with Crippen LogP contribution in [0.15, 0.2) is 36.4 Å². The second-order valence-corrected chi connectivity index (χ2v) is 3.34.